The minimum Gasteiger partial charge on any atom is -0.488 e. The Hall–Kier alpha value is -3.56. The maximum absolute atomic E-state index is 12.0. The van der Waals surface area contributed by atoms with Crippen molar-refractivity contribution >= 4 is 17.5 Å². The summed E-state index contributed by atoms with van der Waals surface area (Å²) in [4.78, 5) is 12.0. The van der Waals surface area contributed by atoms with Crippen LogP contribution in [0, 0.1) is 0 Å². The summed E-state index contributed by atoms with van der Waals surface area (Å²) < 4.78 is 6.15. The third kappa shape index (κ3) is 4.22. The number of nitrogens with two attached hydrogens (primary N) is 1. The van der Waals surface area contributed by atoms with Gasteiger partial charge in [-0.2, -0.15) is 0 Å². The summed E-state index contributed by atoms with van der Waals surface area (Å²) in [6.45, 7) is 0.440. The lowest BCUT2D eigenvalue weighted by molar-refractivity contribution is 0.100. The number of carbonyl (C=O) groups is 1. The molecule has 0 fully saturated rings. The van der Waals surface area contributed by atoms with Gasteiger partial charge < -0.3 is 10.5 Å². The van der Waals surface area contributed by atoms with Crippen LogP contribution >= 0.6 is 11.6 Å². The van der Waals surface area contributed by atoms with Crippen LogP contribution in [0.3, 0.4) is 0 Å². The van der Waals surface area contributed by atoms with Crippen molar-refractivity contribution in [3.05, 3.63) is 113 Å². The van der Waals surface area contributed by atoms with Gasteiger partial charge in [-0.25, -0.2) is 0 Å². The van der Waals surface area contributed by atoms with Crippen molar-refractivity contribution < 1.29 is 9.53 Å². The van der Waals surface area contributed by atoms with E-state index < -0.39 is 5.91 Å². The maximum atomic E-state index is 12.0. The standard InChI is InChI=1S/C26H20ClNO2/c27-19-14-15-25(30-17-18-8-2-1-3-9-18)24(16-19)22-12-5-4-10-20(22)21-11-6-7-13-23(21)26(28)29/h1-16H,17H2,(H2,28,29). The van der Waals surface area contributed by atoms with Gasteiger partial charge in [0.25, 0.3) is 0 Å². The van der Waals surface area contributed by atoms with E-state index in [4.69, 9.17) is 22.1 Å². The van der Waals surface area contributed by atoms with E-state index in [1.165, 1.54) is 0 Å². The number of amides is 1. The summed E-state index contributed by atoms with van der Waals surface area (Å²) in [6.07, 6.45) is 0. The van der Waals surface area contributed by atoms with Crippen LogP contribution in [0.4, 0.5) is 0 Å². The van der Waals surface area contributed by atoms with Crippen LogP contribution in [-0.2, 0) is 6.61 Å². The molecule has 0 unspecified atom stereocenters. The first-order valence-corrected chi connectivity index (χ1v) is 9.96. The third-order valence-electron chi connectivity index (χ3n) is 4.88. The van der Waals surface area contributed by atoms with Crippen molar-refractivity contribution in [3.8, 4) is 28.0 Å². The van der Waals surface area contributed by atoms with Crippen LogP contribution in [0.5, 0.6) is 5.75 Å². The van der Waals surface area contributed by atoms with Crippen molar-refractivity contribution in [1.29, 1.82) is 0 Å². The molecule has 4 rings (SSSR count). The summed E-state index contributed by atoms with van der Waals surface area (Å²) in [6, 6.07) is 30.7. The number of ether oxygens (including phenoxy) is 1. The molecule has 0 radical (unpaired) electrons. The highest BCUT2D eigenvalue weighted by atomic mass is 35.5. The van der Waals surface area contributed by atoms with Gasteiger partial charge in [-0.05, 0) is 46.5 Å². The molecule has 0 aromatic heterocycles. The van der Waals surface area contributed by atoms with Crippen molar-refractivity contribution in [2.75, 3.05) is 0 Å². The van der Waals surface area contributed by atoms with E-state index in [2.05, 4.69) is 0 Å². The zero-order valence-corrected chi connectivity index (χ0v) is 17.0. The first-order valence-electron chi connectivity index (χ1n) is 9.58. The van der Waals surface area contributed by atoms with Gasteiger partial charge in [0, 0.05) is 16.1 Å². The first kappa shape index (κ1) is 19.7. The molecule has 0 aliphatic carbocycles. The topological polar surface area (TPSA) is 52.3 Å². The van der Waals surface area contributed by atoms with Crippen molar-refractivity contribution in [2.24, 2.45) is 5.73 Å². The Balaban J connectivity index is 1.81. The second-order valence-corrected chi connectivity index (χ2v) is 7.31. The number of benzene rings is 4. The Morgan fingerprint density at radius 3 is 2.03 bits per heavy atom. The third-order valence-corrected chi connectivity index (χ3v) is 5.11. The Morgan fingerprint density at radius 1 is 0.733 bits per heavy atom. The van der Waals surface area contributed by atoms with Gasteiger partial charge in [-0.1, -0.05) is 84.4 Å². The summed E-state index contributed by atoms with van der Waals surface area (Å²) in [5.74, 6) is 0.249. The normalized spacial score (nSPS) is 10.6. The molecule has 2 N–H and O–H groups in total. The van der Waals surface area contributed by atoms with E-state index >= 15 is 0 Å². The quantitative estimate of drug-likeness (QED) is 0.400. The molecular weight excluding hydrogens is 394 g/mol. The molecule has 4 heteroatoms. The number of hydrogen-bond donors (Lipinski definition) is 1. The van der Waals surface area contributed by atoms with Crippen LogP contribution in [0.25, 0.3) is 22.3 Å². The number of halogens is 1. The molecular formula is C26H20ClNO2. The van der Waals surface area contributed by atoms with Crippen molar-refractivity contribution in [2.45, 2.75) is 6.61 Å². The summed E-state index contributed by atoms with van der Waals surface area (Å²) in [5, 5.41) is 0.607. The zero-order chi connectivity index (χ0) is 20.9. The zero-order valence-electron chi connectivity index (χ0n) is 16.2. The van der Waals surface area contributed by atoms with Gasteiger partial charge in [0.15, 0.2) is 0 Å². The van der Waals surface area contributed by atoms with Gasteiger partial charge in [-0.3, -0.25) is 4.79 Å². The van der Waals surface area contributed by atoms with E-state index in [0.29, 0.717) is 22.9 Å². The number of primary amides is 1. The highest BCUT2D eigenvalue weighted by Gasteiger charge is 2.16. The second kappa shape index (κ2) is 8.85. The predicted molar refractivity (Wildman–Crippen MR) is 122 cm³/mol. The monoisotopic (exact) mass is 413 g/mol. The average molecular weight is 414 g/mol. The number of hydrogen-bond acceptors (Lipinski definition) is 2. The smallest absolute Gasteiger partial charge is 0.249 e. The minimum absolute atomic E-state index is 0.440. The van der Waals surface area contributed by atoms with E-state index in [0.717, 1.165) is 27.8 Å². The summed E-state index contributed by atoms with van der Waals surface area (Å²) in [5.41, 5.74) is 10.6. The molecule has 1 amide bonds. The fourth-order valence-electron chi connectivity index (χ4n) is 3.46. The van der Waals surface area contributed by atoms with Gasteiger partial charge in [0.05, 0.1) is 0 Å². The van der Waals surface area contributed by atoms with Crippen molar-refractivity contribution in [1.82, 2.24) is 0 Å². The Morgan fingerprint density at radius 2 is 1.33 bits per heavy atom. The molecule has 4 aromatic rings. The second-order valence-electron chi connectivity index (χ2n) is 6.87. The van der Waals surface area contributed by atoms with E-state index in [1.807, 2.05) is 84.9 Å². The molecule has 0 heterocycles. The highest BCUT2D eigenvalue weighted by molar-refractivity contribution is 6.31. The lowest BCUT2D eigenvalue weighted by Gasteiger charge is -2.17. The molecule has 0 aliphatic rings. The largest absolute Gasteiger partial charge is 0.488 e. The predicted octanol–water partition coefficient (Wildman–Crippen LogP) is 6.35. The Kier molecular flexibility index (Phi) is 5.82. The van der Waals surface area contributed by atoms with Crippen LogP contribution in [0.15, 0.2) is 97.1 Å². The van der Waals surface area contributed by atoms with E-state index in [1.54, 1.807) is 12.1 Å². The molecule has 0 atom stereocenters. The molecule has 0 spiro atoms. The van der Waals surface area contributed by atoms with Gasteiger partial charge >= 0.3 is 0 Å². The summed E-state index contributed by atoms with van der Waals surface area (Å²) in [7, 11) is 0. The molecule has 0 aliphatic heterocycles. The number of rotatable bonds is 6. The molecule has 3 nitrogen and oxygen atoms in total. The lowest BCUT2D eigenvalue weighted by atomic mass is 9.91. The number of carbonyl (C=O) groups excluding carboxylic acids is 1. The van der Waals surface area contributed by atoms with E-state index in [9.17, 15) is 4.79 Å². The Labute approximate surface area is 180 Å². The fourth-order valence-corrected chi connectivity index (χ4v) is 3.63. The van der Waals surface area contributed by atoms with Gasteiger partial charge in [0.2, 0.25) is 5.91 Å². The SMILES string of the molecule is NC(=O)c1ccccc1-c1ccccc1-c1cc(Cl)ccc1OCc1ccccc1. The average Bonchev–Trinajstić information content (AvgIpc) is 2.79. The van der Waals surface area contributed by atoms with Crippen LogP contribution in [0.1, 0.15) is 15.9 Å². The Bertz CT molecular complexity index is 1190. The molecule has 0 saturated carbocycles. The van der Waals surface area contributed by atoms with Crippen LogP contribution in [-0.4, -0.2) is 5.91 Å². The maximum Gasteiger partial charge on any atom is 0.249 e. The molecule has 0 saturated heterocycles. The highest BCUT2D eigenvalue weighted by Crippen LogP contribution is 2.40. The van der Waals surface area contributed by atoms with E-state index in [-0.39, 0.29) is 0 Å². The van der Waals surface area contributed by atoms with Gasteiger partial charge in [0.1, 0.15) is 12.4 Å². The van der Waals surface area contributed by atoms with Crippen LogP contribution in [0.2, 0.25) is 5.02 Å². The molecule has 148 valence electrons. The fraction of sp³-hybridized carbons (Fsp3) is 0.0385. The lowest BCUT2D eigenvalue weighted by Crippen LogP contribution is -2.12. The van der Waals surface area contributed by atoms with Crippen LogP contribution < -0.4 is 10.5 Å². The van der Waals surface area contributed by atoms with Gasteiger partial charge in [-0.15, -0.1) is 0 Å². The molecule has 4 aromatic carbocycles. The first-order chi connectivity index (χ1) is 14.6. The summed E-state index contributed by atoms with van der Waals surface area (Å²) >= 11 is 6.33. The van der Waals surface area contributed by atoms with Crippen molar-refractivity contribution in [3.63, 3.8) is 0 Å². The minimum atomic E-state index is -0.466. The molecule has 0 bridgehead atoms. The molecule has 30 heavy (non-hydrogen) atoms.